The van der Waals surface area contributed by atoms with Crippen LogP contribution in [0.3, 0.4) is 0 Å². The van der Waals surface area contributed by atoms with Gasteiger partial charge in [-0.05, 0) is 54.3 Å². The van der Waals surface area contributed by atoms with Gasteiger partial charge in [0, 0.05) is 21.5 Å². The van der Waals surface area contributed by atoms with Gasteiger partial charge in [0.2, 0.25) is 0 Å². The van der Waals surface area contributed by atoms with Crippen molar-refractivity contribution in [3.63, 3.8) is 0 Å². The Bertz CT molecular complexity index is 2300. The summed E-state index contributed by atoms with van der Waals surface area (Å²) in [6.45, 7) is 0. The molecule has 1 atom stereocenters. The molecule has 7 aromatic rings. The molecule has 0 N–H and O–H groups in total. The van der Waals surface area contributed by atoms with Crippen LogP contribution >= 0.6 is 7.14 Å². The molecule has 45 heavy (non-hydrogen) atoms. The van der Waals surface area contributed by atoms with Crippen molar-refractivity contribution in [1.82, 2.24) is 0 Å². The molecule has 0 spiro atoms. The SMILES string of the molecule is O=P1(c2ccccc2)c2ccccc2C2=C(c3ccccc3[Si]2(c2ccccc2)c2ccccc2)c2c1ccc1ccccc21. The molecule has 0 amide bonds. The van der Waals surface area contributed by atoms with Gasteiger partial charge in [0.1, 0.15) is 0 Å². The van der Waals surface area contributed by atoms with E-state index in [1.165, 1.54) is 31.9 Å². The predicted octanol–water partition coefficient (Wildman–Crippen LogP) is 6.77. The number of fused-ring (bicyclic) bond motifs is 8. The third-order valence-electron chi connectivity index (χ3n) is 9.77. The topological polar surface area (TPSA) is 17.1 Å². The Morgan fingerprint density at radius 1 is 0.444 bits per heavy atom. The van der Waals surface area contributed by atoms with Gasteiger partial charge in [-0.2, -0.15) is 0 Å². The molecule has 2 aliphatic heterocycles. The third-order valence-corrected chi connectivity index (χ3v) is 17.8. The Morgan fingerprint density at radius 3 is 1.71 bits per heavy atom. The van der Waals surface area contributed by atoms with E-state index >= 15 is 4.57 Å². The fourth-order valence-electron chi connectivity index (χ4n) is 8.01. The molecule has 0 bridgehead atoms. The second-order valence-electron chi connectivity index (χ2n) is 11.9. The molecule has 7 aromatic carbocycles. The van der Waals surface area contributed by atoms with E-state index in [0.717, 1.165) is 37.8 Å². The molecular formula is C42H29OPSi. The zero-order chi connectivity index (χ0) is 30.0. The van der Waals surface area contributed by atoms with E-state index in [1.807, 2.05) is 18.2 Å². The van der Waals surface area contributed by atoms with Gasteiger partial charge in [0.25, 0.3) is 0 Å². The summed E-state index contributed by atoms with van der Waals surface area (Å²) >= 11 is 0. The first kappa shape index (κ1) is 26.4. The molecule has 1 unspecified atom stereocenters. The first-order valence-electron chi connectivity index (χ1n) is 15.5. The van der Waals surface area contributed by atoms with Crippen LogP contribution in [0.1, 0.15) is 16.7 Å². The van der Waals surface area contributed by atoms with E-state index in [4.69, 9.17) is 0 Å². The lowest BCUT2D eigenvalue weighted by molar-refractivity contribution is 0.592. The van der Waals surface area contributed by atoms with Gasteiger partial charge < -0.3 is 4.57 Å². The summed E-state index contributed by atoms with van der Waals surface area (Å²) in [6.07, 6.45) is 0. The number of hydrogen-bond donors (Lipinski definition) is 0. The van der Waals surface area contributed by atoms with E-state index in [9.17, 15) is 0 Å². The molecule has 9 rings (SSSR count). The first-order valence-corrected chi connectivity index (χ1v) is 19.2. The van der Waals surface area contributed by atoms with Crippen LogP contribution in [0.25, 0.3) is 21.5 Å². The minimum Gasteiger partial charge on any atom is -0.309 e. The van der Waals surface area contributed by atoms with E-state index in [-0.39, 0.29) is 0 Å². The molecule has 1 nitrogen and oxygen atoms in total. The predicted molar refractivity (Wildman–Crippen MR) is 193 cm³/mol. The van der Waals surface area contributed by atoms with Gasteiger partial charge in [-0.25, -0.2) is 0 Å². The molecule has 3 heteroatoms. The normalized spacial score (nSPS) is 17.6. The lowest BCUT2D eigenvalue weighted by atomic mass is 9.91. The van der Waals surface area contributed by atoms with Crippen LogP contribution in [0.15, 0.2) is 176 Å². The van der Waals surface area contributed by atoms with E-state index < -0.39 is 15.2 Å². The van der Waals surface area contributed by atoms with Crippen LogP contribution in [-0.2, 0) is 4.57 Å². The van der Waals surface area contributed by atoms with E-state index in [2.05, 4.69) is 158 Å². The summed E-state index contributed by atoms with van der Waals surface area (Å²) in [6, 6.07) is 62.9. The summed E-state index contributed by atoms with van der Waals surface area (Å²) in [5.74, 6) is 0. The Hall–Kier alpha value is -5.01. The largest absolute Gasteiger partial charge is 0.309 e. The maximum absolute atomic E-state index is 16.4. The Morgan fingerprint density at radius 2 is 1.00 bits per heavy atom. The zero-order valence-corrected chi connectivity index (χ0v) is 26.5. The van der Waals surface area contributed by atoms with E-state index in [1.54, 1.807) is 0 Å². The van der Waals surface area contributed by atoms with Crippen molar-refractivity contribution in [2.45, 2.75) is 0 Å². The van der Waals surface area contributed by atoms with Crippen molar-refractivity contribution in [1.29, 1.82) is 0 Å². The summed E-state index contributed by atoms with van der Waals surface area (Å²) < 4.78 is 16.4. The van der Waals surface area contributed by atoms with Gasteiger partial charge in [-0.1, -0.05) is 170 Å². The lowest BCUT2D eigenvalue weighted by Gasteiger charge is -2.34. The average Bonchev–Trinajstić information content (AvgIpc) is 3.38. The minimum atomic E-state index is -3.32. The monoisotopic (exact) mass is 608 g/mol. The van der Waals surface area contributed by atoms with Crippen LogP contribution < -0.4 is 31.5 Å². The van der Waals surface area contributed by atoms with Gasteiger partial charge in [-0.3, -0.25) is 0 Å². The maximum atomic E-state index is 16.4. The summed E-state index contributed by atoms with van der Waals surface area (Å²) in [5, 5.41) is 10.4. The Labute approximate surface area is 264 Å². The van der Waals surface area contributed by atoms with Gasteiger partial charge >= 0.3 is 0 Å². The van der Waals surface area contributed by atoms with Crippen LogP contribution in [0, 0.1) is 0 Å². The molecule has 0 aliphatic carbocycles. The standard InChI is InChI=1S/C42H29OPSi/c43-44(31-17-4-1-5-18-31)37-26-14-12-24-35(37)42-41(40-34-23-11-10-16-30(34)28-29-38(40)44)36-25-13-15-27-39(36)45(42,32-19-6-2-7-20-32)33-21-8-3-9-22-33/h1-29H. The molecular weight excluding hydrogens is 580 g/mol. The molecule has 2 aliphatic rings. The van der Waals surface area contributed by atoms with Crippen molar-refractivity contribution in [2.24, 2.45) is 0 Å². The fourth-order valence-corrected chi connectivity index (χ4v) is 16.6. The Kier molecular flexibility index (Phi) is 5.87. The van der Waals surface area contributed by atoms with Crippen molar-refractivity contribution in [2.75, 3.05) is 0 Å². The van der Waals surface area contributed by atoms with Crippen molar-refractivity contribution < 1.29 is 4.57 Å². The summed E-state index contributed by atoms with van der Waals surface area (Å²) in [5.41, 5.74) is 4.70. The highest BCUT2D eigenvalue weighted by Crippen LogP contribution is 2.54. The van der Waals surface area contributed by atoms with Crippen LogP contribution in [0.2, 0.25) is 0 Å². The molecule has 0 fully saturated rings. The van der Waals surface area contributed by atoms with Crippen molar-refractivity contribution in [3.8, 4) is 0 Å². The van der Waals surface area contributed by atoms with Crippen LogP contribution in [-0.4, -0.2) is 8.07 Å². The highest BCUT2D eigenvalue weighted by Gasteiger charge is 2.54. The second kappa shape index (κ2) is 10.0. The van der Waals surface area contributed by atoms with Crippen molar-refractivity contribution >= 4 is 68.2 Å². The van der Waals surface area contributed by atoms with Crippen LogP contribution in [0.4, 0.5) is 0 Å². The van der Waals surface area contributed by atoms with Gasteiger partial charge in [0.15, 0.2) is 15.2 Å². The van der Waals surface area contributed by atoms with Crippen LogP contribution in [0.5, 0.6) is 0 Å². The molecule has 2 heterocycles. The van der Waals surface area contributed by atoms with Gasteiger partial charge in [-0.15, -0.1) is 0 Å². The van der Waals surface area contributed by atoms with E-state index in [0.29, 0.717) is 0 Å². The number of rotatable bonds is 3. The smallest absolute Gasteiger partial charge is 0.181 e. The molecule has 0 radical (unpaired) electrons. The summed E-state index contributed by atoms with van der Waals surface area (Å²) in [7, 11) is -6.23. The number of hydrogen-bond acceptors (Lipinski definition) is 1. The number of benzene rings is 7. The third kappa shape index (κ3) is 3.53. The molecule has 0 saturated heterocycles. The molecule has 0 saturated carbocycles. The minimum absolute atomic E-state index is 0.870. The Balaban J connectivity index is 1.58. The molecule has 212 valence electrons. The fraction of sp³-hybridized carbons (Fsp3) is 0. The lowest BCUT2D eigenvalue weighted by Crippen LogP contribution is -2.67. The molecule has 0 aromatic heterocycles. The second-order valence-corrected chi connectivity index (χ2v) is 18.3. The quantitative estimate of drug-likeness (QED) is 0.160. The first-order chi connectivity index (χ1) is 22.2. The highest BCUT2D eigenvalue weighted by molar-refractivity contribution is 7.85. The summed E-state index contributed by atoms with van der Waals surface area (Å²) in [4.78, 5) is 0. The average molecular weight is 609 g/mol. The zero-order valence-electron chi connectivity index (χ0n) is 24.6. The highest BCUT2D eigenvalue weighted by atomic mass is 31.2. The van der Waals surface area contributed by atoms with Crippen molar-refractivity contribution in [3.05, 3.63) is 193 Å². The maximum Gasteiger partial charge on any atom is 0.181 e. The van der Waals surface area contributed by atoms with Gasteiger partial charge in [0.05, 0.1) is 0 Å².